The van der Waals surface area contributed by atoms with Crippen molar-refractivity contribution in [1.82, 2.24) is 25.5 Å². The molecule has 2 amide bonds. The molecule has 0 unspecified atom stereocenters. The van der Waals surface area contributed by atoms with Gasteiger partial charge in [0.2, 0.25) is 5.91 Å². The molecule has 0 aromatic carbocycles. The highest BCUT2D eigenvalue weighted by Crippen LogP contribution is 2.20. The van der Waals surface area contributed by atoms with Crippen molar-refractivity contribution >= 4 is 23.6 Å². The summed E-state index contributed by atoms with van der Waals surface area (Å²) in [5.41, 5.74) is 0. The van der Waals surface area contributed by atoms with E-state index >= 15 is 0 Å². The number of amides is 2. The van der Waals surface area contributed by atoms with Gasteiger partial charge in [0.1, 0.15) is 0 Å². The lowest BCUT2D eigenvalue weighted by molar-refractivity contribution is -0.125. The van der Waals surface area contributed by atoms with Gasteiger partial charge in [0, 0.05) is 43.8 Å². The second-order valence-corrected chi connectivity index (χ2v) is 7.85. The van der Waals surface area contributed by atoms with Gasteiger partial charge in [0.25, 0.3) is 5.91 Å². The van der Waals surface area contributed by atoms with Crippen LogP contribution in [0.3, 0.4) is 0 Å². The van der Waals surface area contributed by atoms with Gasteiger partial charge in [-0.3, -0.25) is 14.5 Å². The summed E-state index contributed by atoms with van der Waals surface area (Å²) >= 11 is 1.88. The third-order valence-corrected chi connectivity index (χ3v) is 5.02. The number of imidazole rings is 1. The zero-order valence-corrected chi connectivity index (χ0v) is 15.4. The number of hydrogen-bond acceptors (Lipinski definition) is 5. The number of carbonyl (C=O) groups excluding carboxylic acids is 2. The van der Waals surface area contributed by atoms with Gasteiger partial charge in [-0.15, -0.1) is 0 Å². The maximum Gasteiger partial charge on any atom is 0.287 e. The van der Waals surface area contributed by atoms with E-state index < -0.39 is 0 Å². The van der Waals surface area contributed by atoms with Crippen molar-refractivity contribution < 1.29 is 9.59 Å². The van der Waals surface area contributed by atoms with Gasteiger partial charge in [0.05, 0.1) is 6.04 Å². The molecule has 0 saturated carbocycles. The zero-order valence-electron chi connectivity index (χ0n) is 14.5. The minimum atomic E-state index is -0.224. The van der Waals surface area contributed by atoms with Gasteiger partial charge >= 0.3 is 0 Å². The second-order valence-electron chi connectivity index (χ2n) is 6.17. The van der Waals surface area contributed by atoms with Crippen molar-refractivity contribution in [2.75, 3.05) is 25.4 Å². The third kappa shape index (κ3) is 5.24. The van der Waals surface area contributed by atoms with E-state index in [9.17, 15) is 9.59 Å². The predicted molar refractivity (Wildman–Crippen MR) is 96.1 cm³/mol. The first-order valence-corrected chi connectivity index (χ1v) is 9.49. The number of hydrogen-bond donors (Lipinski definition) is 3. The molecule has 1 fully saturated rings. The molecule has 8 heteroatoms. The number of rotatable bonds is 8. The number of thioether (sulfide) groups is 1. The Hall–Kier alpha value is -1.54. The molecule has 1 aromatic heterocycles. The molecule has 3 N–H and O–H groups in total. The quantitative estimate of drug-likeness (QED) is 0.645. The van der Waals surface area contributed by atoms with Crippen LogP contribution in [0.2, 0.25) is 0 Å². The summed E-state index contributed by atoms with van der Waals surface area (Å²) in [7, 11) is 0. The standard InChI is InChI=1S/C16H27N5O2S/c1-4-17-15(22)13-9-12(10-21(13)7-8-24-11(2)3)20-16(23)14-18-5-6-19-14/h5-6,11-13H,4,7-10H2,1-3H3,(H,17,22)(H,18,19)(H,20,23)/t12-,13-/m0/s1. The van der Waals surface area contributed by atoms with Crippen LogP contribution in [0.1, 0.15) is 37.8 Å². The van der Waals surface area contributed by atoms with Gasteiger partial charge in [0.15, 0.2) is 5.82 Å². The van der Waals surface area contributed by atoms with Crippen molar-refractivity contribution in [3.05, 3.63) is 18.2 Å². The molecule has 7 nitrogen and oxygen atoms in total. The molecule has 2 rings (SSSR count). The molecule has 24 heavy (non-hydrogen) atoms. The van der Waals surface area contributed by atoms with Crippen LogP contribution in [0.15, 0.2) is 12.4 Å². The molecule has 1 aliphatic rings. The average molecular weight is 353 g/mol. The molecule has 1 aromatic rings. The van der Waals surface area contributed by atoms with Gasteiger partial charge in [-0.1, -0.05) is 13.8 Å². The first kappa shape index (κ1) is 18.8. The molecule has 2 atom stereocenters. The molecule has 0 radical (unpaired) electrons. The van der Waals surface area contributed by atoms with Crippen molar-refractivity contribution in [1.29, 1.82) is 0 Å². The Labute approximate surface area is 147 Å². The average Bonchev–Trinajstić information content (AvgIpc) is 3.17. The monoisotopic (exact) mass is 353 g/mol. The predicted octanol–water partition coefficient (Wildman–Crippen LogP) is 0.860. The highest BCUT2D eigenvalue weighted by atomic mass is 32.2. The number of carbonyl (C=O) groups is 2. The Morgan fingerprint density at radius 3 is 2.92 bits per heavy atom. The Kier molecular flexibility index (Phi) is 7.11. The maximum absolute atomic E-state index is 12.3. The van der Waals surface area contributed by atoms with Gasteiger partial charge in [-0.05, 0) is 18.6 Å². The normalized spacial score (nSPS) is 21.2. The fraction of sp³-hybridized carbons (Fsp3) is 0.688. The Morgan fingerprint density at radius 1 is 1.50 bits per heavy atom. The van der Waals surface area contributed by atoms with E-state index in [4.69, 9.17) is 0 Å². The lowest BCUT2D eigenvalue weighted by atomic mass is 10.1. The van der Waals surface area contributed by atoms with Crippen molar-refractivity contribution in [3.63, 3.8) is 0 Å². The summed E-state index contributed by atoms with van der Waals surface area (Å²) in [6.07, 6.45) is 3.80. The fourth-order valence-corrected chi connectivity index (χ4v) is 3.68. The molecule has 1 saturated heterocycles. The number of H-pyrrole nitrogens is 1. The van der Waals surface area contributed by atoms with Crippen LogP contribution in [-0.2, 0) is 4.79 Å². The van der Waals surface area contributed by atoms with Crippen LogP contribution in [0.25, 0.3) is 0 Å². The number of nitrogens with one attached hydrogen (secondary N) is 3. The van der Waals surface area contributed by atoms with Gasteiger partial charge in [-0.2, -0.15) is 11.8 Å². The molecular formula is C16H27N5O2S. The summed E-state index contributed by atoms with van der Waals surface area (Å²) in [6, 6.07) is -0.223. The first-order valence-electron chi connectivity index (χ1n) is 8.44. The van der Waals surface area contributed by atoms with Crippen molar-refractivity contribution in [2.45, 2.75) is 44.5 Å². The van der Waals surface area contributed by atoms with E-state index in [1.807, 2.05) is 18.7 Å². The van der Waals surface area contributed by atoms with Crippen LogP contribution in [-0.4, -0.2) is 69.4 Å². The fourth-order valence-electron chi connectivity index (χ4n) is 2.87. The van der Waals surface area contributed by atoms with Crippen molar-refractivity contribution in [3.8, 4) is 0 Å². The second kappa shape index (κ2) is 9.08. The number of aromatic amines is 1. The third-order valence-electron chi connectivity index (χ3n) is 3.94. The molecular weight excluding hydrogens is 326 g/mol. The summed E-state index contributed by atoms with van der Waals surface area (Å²) in [4.78, 5) is 33.4. The number of likely N-dealkylation sites (tertiary alicyclic amines) is 1. The zero-order chi connectivity index (χ0) is 17.5. The lowest BCUT2D eigenvalue weighted by Gasteiger charge is -2.23. The van der Waals surface area contributed by atoms with Gasteiger partial charge < -0.3 is 15.6 Å². The van der Waals surface area contributed by atoms with Crippen molar-refractivity contribution in [2.24, 2.45) is 0 Å². The van der Waals surface area contributed by atoms with E-state index in [0.29, 0.717) is 30.6 Å². The summed E-state index contributed by atoms with van der Waals surface area (Å²) in [5, 5.41) is 6.45. The summed E-state index contributed by atoms with van der Waals surface area (Å²) in [6.45, 7) is 8.41. The Bertz CT molecular complexity index is 535. The van der Waals surface area contributed by atoms with E-state index in [-0.39, 0.29) is 23.9 Å². The smallest absolute Gasteiger partial charge is 0.287 e. The number of aromatic nitrogens is 2. The molecule has 2 heterocycles. The molecule has 0 bridgehead atoms. The highest BCUT2D eigenvalue weighted by molar-refractivity contribution is 7.99. The van der Waals surface area contributed by atoms with Crippen LogP contribution in [0.4, 0.5) is 0 Å². The molecule has 0 aliphatic carbocycles. The topological polar surface area (TPSA) is 90.1 Å². The molecule has 1 aliphatic heterocycles. The van der Waals surface area contributed by atoms with E-state index in [1.165, 1.54) is 0 Å². The van der Waals surface area contributed by atoms with Crippen LogP contribution in [0, 0.1) is 0 Å². The highest BCUT2D eigenvalue weighted by Gasteiger charge is 2.37. The molecule has 0 spiro atoms. The number of nitrogens with zero attached hydrogens (tertiary/aromatic N) is 2. The van der Waals surface area contributed by atoms with E-state index in [1.54, 1.807) is 12.4 Å². The first-order chi connectivity index (χ1) is 11.5. The van der Waals surface area contributed by atoms with E-state index in [2.05, 4.69) is 39.3 Å². The van der Waals surface area contributed by atoms with Crippen LogP contribution in [0.5, 0.6) is 0 Å². The largest absolute Gasteiger partial charge is 0.355 e. The molecule has 134 valence electrons. The minimum absolute atomic E-state index is 0.0424. The lowest BCUT2D eigenvalue weighted by Crippen LogP contribution is -2.44. The van der Waals surface area contributed by atoms with Crippen LogP contribution < -0.4 is 10.6 Å². The SMILES string of the molecule is CCNC(=O)[C@@H]1C[C@H](NC(=O)c2ncc[nH]2)CN1CCSC(C)C. The van der Waals surface area contributed by atoms with Gasteiger partial charge in [-0.25, -0.2) is 4.98 Å². The maximum atomic E-state index is 12.3. The van der Waals surface area contributed by atoms with Crippen LogP contribution >= 0.6 is 11.8 Å². The summed E-state index contributed by atoms with van der Waals surface area (Å²) < 4.78 is 0. The Balaban J connectivity index is 1.94. The summed E-state index contributed by atoms with van der Waals surface area (Å²) in [5.74, 6) is 1.10. The Morgan fingerprint density at radius 2 is 2.29 bits per heavy atom. The van der Waals surface area contributed by atoms with E-state index in [0.717, 1.165) is 12.3 Å². The number of likely N-dealkylation sites (N-methyl/N-ethyl adjacent to an activating group) is 1. The minimum Gasteiger partial charge on any atom is -0.355 e.